The number of aromatic nitrogens is 1. The van der Waals surface area contributed by atoms with Crippen LogP contribution in [0.3, 0.4) is 0 Å². The van der Waals surface area contributed by atoms with Crippen LogP contribution in [0, 0.1) is 5.82 Å². The van der Waals surface area contributed by atoms with Crippen molar-refractivity contribution in [3.8, 4) is 0 Å². The van der Waals surface area contributed by atoms with Crippen molar-refractivity contribution in [2.45, 2.75) is 13.0 Å². The molecule has 1 heterocycles. The lowest BCUT2D eigenvalue weighted by Crippen LogP contribution is -2.29. The summed E-state index contributed by atoms with van der Waals surface area (Å²) in [5.41, 5.74) is 0.624. The van der Waals surface area contributed by atoms with Gasteiger partial charge in [-0.3, -0.25) is 4.79 Å². The number of carbonyl (C=O) groups excluding carboxylic acids is 1. The predicted octanol–water partition coefficient (Wildman–Crippen LogP) is 1.99. The van der Waals surface area contributed by atoms with Gasteiger partial charge in [0.2, 0.25) is 5.91 Å². The summed E-state index contributed by atoms with van der Waals surface area (Å²) in [7, 11) is 0. The van der Waals surface area contributed by atoms with E-state index in [1.54, 1.807) is 22.8 Å². The SMILES string of the molecule is O=C(Cn1cccc1)NCCc1ccccc1F. The highest BCUT2D eigenvalue weighted by atomic mass is 19.1. The molecule has 1 N–H and O–H groups in total. The van der Waals surface area contributed by atoms with E-state index in [1.165, 1.54) is 6.07 Å². The summed E-state index contributed by atoms with van der Waals surface area (Å²) in [4.78, 5) is 11.6. The molecule has 2 aromatic rings. The van der Waals surface area contributed by atoms with E-state index < -0.39 is 0 Å². The highest BCUT2D eigenvalue weighted by Crippen LogP contribution is 2.06. The van der Waals surface area contributed by atoms with Crippen molar-refractivity contribution in [3.05, 3.63) is 60.2 Å². The van der Waals surface area contributed by atoms with E-state index in [4.69, 9.17) is 0 Å². The van der Waals surface area contributed by atoms with Crippen LogP contribution in [0.15, 0.2) is 48.8 Å². The van der Waals surface area contributed by atoms with Crippen molar-refractivity contribution in [1.29, 1.82) is 0 Å². The number of amides is 1. The maximum atomic E-state index is 13.3. The summed E-state index contributed by atoms with van der Waals surface area (Å²) in [6.45, 7) is 0.741. The van der Waals surface area contributed by atoms with Gasteiger partial charge in [0.1, 0.15) is 12.4 Å². The average Bonchev–Trinajstić information content (AvgIpc) is 2.84. The summed E-state index contributed by atoms with van der Waals surface area (Å²) in [5.74, 6) is -0.292. The fraction of sp³-hybridized carbons (Fsp3) is 0.214. The number of carbonyl (C=O) groups is 1. The lowest BCUT2D eigenvalue weighted by atomic mass is 10.1. The third kappa shape index (κ3) is 3.45. The summed E-state index contributed by atoms with van der Waals surface area (Å²) in [6.07, 6.45) is 4.16. The van der Waals surface area contributed by atoms with Crippen LogP contribution in [-0.4, -0.2) is 17.0 Å². The van der Waals surface area contributed by atoms with Gasteiger partial charge in [-0.1, -0.05) is 18.2 Å². The molecule has 0 fully saturated rings. The van der Waals surface area contributed by atoms with Crippen molar-refractivity contribution in [1.82, 2.24) is 9.88 Å². The maximum absolute atomic E-state index is 13.3. The number of hydrogen-bond acceptors (Lipinski definition) is 1. The van der Waals surface area contributed by atoms with E-state index in [9.17, 15) is 9.18 Å². The molecular formula is C14H15FN2O. The third-order valence-corrected chi connectivity index (χ3v) is 2.67. The third-order valence-electron chi connectivity index (χ3n) is 2.67. The lowest BCUT2D eigenvalue weighted by Gasteiger charge is -2.06. The second-order valence-electron chi connectivity index (χ2n) is 4.05. The number of halogens is 1. The molecule has 1 aromatic carbocycles. The molecule has 0 unspecified atom stereocenters. The van der Waals surface area contributed by atoms with Crippen LogP contribution in [0.1, 0.15) is 5.56 Å². The minimum Gasteiger partial charge on any atom is -0.354 e. The van der Waals surface area contributed by atoms with Gasteiger partial charge >= 0.3 is 0 Å². The van der Waals surface area contributed by atoms with Crippen LogP contribution in [0.25, 0.3) is 0 Å². The van der Waals surface area contributed by atoms with Crippen LogP contribution in [-0.2, 0) is 17.8 Å². The Hall–Kier alpha value is -2.10. The van der Waals surface area contributed by atoms with Gasteiger partial charge in [-0.15, -0.1) is 0 Å². The van der Waals surface area contributed by atoms with Crippen LogP contribution in [0.2, 0.25) is 0 Å². The molecule has 3 nitrogen and oxygen atoms in total. The molecule has 0 atom stereocenters. The van der Waals surface area contributed by atoms with Gasteiger partial charge in [-0.05, 0) is 30.2 Å². The molecule has 18 heavy (non-hydrogen) atoms. The Balaban J connectivity index is 1.75. The number of nitrogens with one attached hydrogen (secondary N) is 1. The van der Waals surface area contributed by atoms with Crippen LogP contribution in [0.4, 0.5) is 4.39 Å². The maximum Gasteiger partial charge on any atom is 0.239 e. The fourth-order valence-electron chi connectivity index (χ4n) is 1.74. The van der Waals surface area contributed by atoms with Crippen molar-refractivity contribution >= 4 is 5.91 Å². The largest absolute Gasteiger partial charge is 0.354 e. The van der Waals surface area contributed by atoms with Gasteiger partial charge in [-0.2, -0.15) is 0 Å². The average molecular weight is 246 g/mol. The fourth-order valence-corrected chi connectivity index (χ4v) is 1.74. The monoisotopic (exact) mass is 246 g/mol. The summed E-state index contributed by atoms with van der Waals surface area (Å²) in [6, 6.07) is 10.3. The minimum absolute atomic E-state index is 0.0671. The van der Waals surface area contributed by atoms with Gasteiger partial charge in [0, 0.05) is 18.9 Å². The molecule has 1 amide bonds. The molecule has 0 aliphatic carbocycles. The molecule has 0 spiro atoms. The molecule has 0 saturated heterocycles. The van der Waals surface area contributed by atoms with Gasteiger partial charge in [0.25, 0.3) is 0 Å². The normalized spacial score (nSPS) is 10.3. The smallest absolute Gasteiger partial charge is 0.239 e. The molecule has 0 saturated carbocycles. The molecule has 0 aliphatic heterocycles. The van der Waals surface area contributed by atoms with Crippen LogP contribution >= 0.6 is 0 Å². The standard InChI is InChI=1S/C14H15FN2O/c15-13-6-2-1-5-12(13)7-8-16-14(18)11-17-9-3-4-10-17/h1-6,9-10H,7-8,11H2,(H,16,18). The van der Waals surface area contributed by atoms with Gasteiger partial charge in [0.05, 0.1) is 0 Å². The number of rotatable bonds is 5. The Morgan fingerprint density at radius 2 is 1.89 bits per heavy atom. The Kier molecular flexibility index (Phi) is 4.12. The zero-order valence-corrected chi connectivity index (χ0v) is 9.97. The Bertz CT molecular complexity index is 508. The van der Waals surface area contributed by atoms with Crippen LogP contribution < -0.4 is 5.32 Å². The van der Waals surface area contributed by atoms with Crippen molar-refractivity contribution in [2.75, 3.05) is 6.54 Å². The Labute approximate surface area is 105 Å². The first kappa shape index (κ1) is 12.4. The van der Waals surface area contributed by atoms with Gasteiger partial charge in [0.15, 0.2) is 0 Å². The molecule has 0 bridgehead atoms. The second-order valence-corrected chi connectivity index (χ2v) is 4.05. The molecular weight excluding hydrogens is 231 g/mol. The Morgan fingerprint density at radius 3 is 2.61 bits per heavy atom. The highest BCUT2D eigenvalue weighted by molar-refractivity contribution is 5.75. The van der Waals surface area contributed by atoms with E-state index in [0.717, 1.165) is 0 Å². The predicted molar refractivity (Wildman–Crippen MR) is 67.5 cm³/mol. The van der Waals surface area contributed by atoms with E-state index in [0.29, 0.717) is 25.1 Å². The Morgan fingerprint density at radius 1 is 1.17 bits per heavy atom. The quantitative estimate of drug-likeness (QED) is 0.860. The minimum atomic E-state index is -0.225. The first-order valence-electron chi connectivity index (χ1n) is 5.86. The molecule has 1 aromatic heterocycles. The number of nitrogens with zero attached hydrogens (tertiary/aromatic N) is 1. The van der Waals surface area contributed by atoms with E-state index in [-0.39, 0.29) is 11.7 Å². The zero-order chi connectivity index (χ0) is 12.8. The number of benzene rings is 1. The van der Waals surface area contributed by atoms with E-state index >= 15 is 0 Å². The second kappa shape index (κ2) is 6.00. The van der Waals surface area contributed by atoms with Gasteiger partial charge < -0.3 is 9.88 Å². The summed E-state index contributed by atoms with van der Waals surface area (Å²) >= 11 is 0. The first-order valence-corrected chi connectivity index (χ1v) is 5.86. The molecule has 2 rings (SSSR count). The lowest BCUT2D eigenvalue weighted by molar-refractivity contribution is -0.121. The van der Waals surface area contributed by atoms with Crippen molar-refractivity contribution < 1.29 is 9.18 Å². The molecule has 4 heteroatoms. The van der Waals surface area contributed by atoms with Crippen molar-refractivity contribution in [2.24, 2.45) is 0 Å². The number of hydrogen-bond donors (Lipinski definition) is 1. The topological polar surface area (TPSA) is 34.0 Å². The highest BCUT2D eigenvalue weighted by Gasteiger charge is 2.03. The summed E-state index contributed by atoms with van der Waals surface area (Å²) < 4.78 is 15.1. The molecule has 0 aliphatic rings. The van der Waals surface area contributed by atoms with E-state index in [1.807, 2.05) is 24.5 Å². The van der Waals surface area contributed by atoms with Crippen molar-refractivity contribution in [3.63, 3.8) is 0 Å². The van der Waals surface area contributed by atoms with Gasteiger partial charge in [-0.25, -0.2) is 4.39 Å². The van der Waals surface area contributed by atoms with E-state index in [2.05, 4.69) is 5.32 Å². The van der Waals surface area contributed by atoms with Crippen LogP contribution in [0.5, 0.6) is 0 Å². The zero-order valence-electron chi connectivity index (χ0n) is 9.97. The summed E-state index contributed by atoms with van der Waals surface area (Å²) in [5, 5.41) is 2.77. The molecule has 94 valence electrons. The molecule has 0 radical (unpaired) electrons. The first-order chi connectivity index (χ1) is 8.75.